The molecule has 2 aromatic rings. The number of nitrogens with one attached hydrogen (secondary N) is 2. The van der Waals surface area contributed by atoms with Crippen LogP contribution in [-0.4, -0.2) is 52.0 Å². The molecule has 0 aliphatic carbocycles. The van der Waals surface area contributed by atoms with Crippen LogP contribution in [0.3, 0.4) is 0 Å². The van der Waals surface area contributed by atoms with Crippen LogP contribution in [-0.2, 0) is 9.84 Å². The van der Waals surface area contributed by atoms with Crippen molar-refractivity contribution >= 4 is 32.7 Å². The monoisotopic (exact) mass is 312 g/mol. The van der Waals surface area contributed by atoms with Crippen molar-refractivity contribution in [1.29, 1.82) is 0 Å². The van der Waals surface area contributed by atoms with E-state index in [-0.39, 0.29) is 12.2 Å². The summed E-state index contributed by atoms with van der Waals surface area (Å²) in [6.07, 6.45) is 2.45. The van der Waals surface area contributed by atoms with Crippen LogP contribution in [0.2, 0.25) is 0 Å². The highest BCUT2D eigenvalue weighted by Gasteiger charge is 2.30. The van der Waals surface area contributed by atoms with Gasteiger partial charge in [0.05, 0.1) is 10.1 Å². The van der Waals surface area contributed by atoms with Crippen LogP contribution < -0.4 is 5.32 Å². The van der Waals surface area contributed by atoms with Gasteiger partial charge in [0.25, 0.3) is 0 Å². The van der Waals surface area contributed by atoms with Gasteiger partial charge in [0, 0.05) is 12.8 Å². The maximum Gasteiger partial charge on any atom is 0.352 e. The van der Waals surface area contributed by atoms with Crippen molar-refractivity contribution in [3.8, 4) is 0 Å². The maximum atomic E-state index is 11.7. The van der Waals surface area contributed by atoms with Gasteiger partial charge in [-0.2, -0.15) is 0 Å². The van der Waals surface area contributed by atoms with E-state index < -0.39 is 20.6 Å². The molecular weight excluding hydrogens is 296 g/mol. The number of aromatic carboxylic acids is 1. The highest BCUT2D eigenvalue weighted by Crippen LogP contribution is 2.22. The van der Waals surface area contributed by atoms with Crippen molar-refractivity contribution in [3.05, 3.63) is 18.1 Å². The molecule has 0 spiro atoms. The van der Waals surface area contributed by atoms with Gasteiger partial charge in [-0.25, -0.2) is 23.2 Å². The maximum absolute atomic E-state index is 11.7. The first-order valence-corrected chi connectivity index (χ1v) is 8.01. The molecule has 0 bridgehead atoms. The number of carboxylic acid groups (broad SMARTS) is 1. The van der Waals surface area contributed by atoms with Gasteiger partial charge in [-0.05, 0) is 19.9 Å². The van der Waals surface area contributed by atoms with E-state index in [1.165, 1.54) is 18.6 Å². The molecule has 2 rings (SSSR count). The third kappa shape index (κ3) is 2.97. The fraction of sp³-hybridized carbons (Fsp3) is 0.417. The Bertz CT molecular complexity index is 795. The van der Waals surface area contributed by atoms with Crippen molar-refractivity contribution in [2.24, 2.45) is 0 Å². The van der Waals surface area contributed by atoms with Gasteiger partial charge in [-0.15, -0.1) is 0 Å². The zero-order chi connectivity index (χ0) is 15.8. The summed E-state index contributed by atoms with van der Waals surface area (Å²) in [5, 5.41) is 12.4. The molecule has 0 amide bonds. The highest BCUT2D eigenvalue weighted by molar-refractivity contribution is 7.92. The first-order valence-electron chi connectivity index (χ1n) is 6.12. The first kappa shape index (κ1) is 15.2. The predicted octanol–water partition coefficient (Wildman–Crippen LogP) is 0.891. The molecule has 0 fully saturated rings. The molecule has 0 aliphatic rings. The van der Waals surface area contributed by atoms with E-state index in [0.29, 0.717) is 16.9 Å². The van der Waals surface area contributed by atoms with Gasteiger partial charge in [0.15, 0.2) is 9.84 Å². The van der Waals surface area contributed by atoms with Gasteiger partial charge in [-0.1, -0.05) is 0 Å². The molecule has 0 saturated carbocycles. The van der Waals surface area contributed by atoms with Crippen molar-refractivity contribution in [2.45, 2.75) is 18.6 Å². The lowest BCUT2D eigenvalue weighted by Gasteiger charge is -2.23. The topological polar surface area (TPSA) is 125 Å². The number of aromatic amines is 1. The number of aromatic nitrogens is 3. The SMILES string of the molecule is CC(C)(CNc1ncnc2[nH]c(C(=O)O)cc12)S(C)(=O)=O. The molecule has 3 N–H and O–H groups in total. The summed E-state index contributed by atoms with van der Waals surface area (Å²) >= 11 is 0. The normalized spacial score (nSPS) is 12.5. The minimum absolute atomic E-state index is 0.00377. The van der Waals surface area contributed by atoms with Gasteiger partial charge in [0.1, 0.15) is 23.5 Å². The van der Waals surface area contributed by atoms with Crippen LogP contribution in [0.4, 0.5) is 5.82 Å². The number of fused-ring (bicyclic) bond motifs is 1. The van der Waals surface area contributed by atoms with Crippen LogP contribution in [0.15, 0.2) is 12.4 Å². The Hall–Kier alpha value is -2.16. The van der Waals surface area contributed by atoms with Gasteiger partial charge >= 0.3 is 5.97 Å². The molecular formula is C12H16N4O4S. The van der Waals surface area contributed by atoms with Gasteiger partial charge < -0.3 is 15.4 Å². The lowest BCUT2D eigenvalue weighted by Crippen LogP contribution is -2.38. The van der Waals surface area contributed by atoms with Crippen LogP contribution >= 0.6 is 0 Å². The number of carbonyl (C=O) groups is 1. The van der Waals surface area contributed by atoms with E-state index in [0.717, 1.165) is 0 Å². The Kier molecular flexibility index (Phi) is 3.62. The number of rotatable bonds is 5. The van der Waals surface area contributed by atoms with E-state index >= 15 is 0 Å². The van der Waals surface area contributed by atoms with Crippen LogP contribution in [0, 0.1) is 0 Å². The van der Waals surface area contributed by atoms with E-state index in [4.69, 9.17) is 5.11 Å². The van der Waals surface area contributed by atoms with Crippen molar-refractivity contribution in [3.63, 3.8) is 0 Å². The lowest BCUT2D eigenvalue weighted by molar-refractivity contribution is 0.0691. The smallest absolute Gasteiger partial charge is 0.352 e. The number of carboxylic acids is 1. The minimum atomic E-state index is -3.24. The minimum Gasteiger partial charge on any atom is -0.477 e. The Labute approximate surface area is 121 Å². The lowest BCUT2D eigenvalue weighted by atomic mass is 10.2. The Morgan fingerprint density at radius 2 is 2.10 bits per heavy atom. The first-order chi connectivity index (χ1) is 9.62. The summed E-state index contributed by atoms with van der Waals surface area (Å²) in [6.45, 7) is 3.35. The average molecular weight is 312 g/mol. The van der Waals surface area contributed by atoms with E-state index in [9.17, 15) is 13.2 Å². The zero-order valence-electron chi connectivity index (χ0n) is 11.8. The summed E-state index contributed by atoms with van der Waals surface area (Å²) in [5.41, 5.74) is 0.373. The third-order valence-electron chi connectivity index (χ3n) is 3.34. The van der Waals surface area contributed by atoms with E-state index in [1.54, 1.807) is 13.8 Å². The zero-order valence-corrected chi connectivity index (χ0v) is 12.7. The quantitative estimate of drug-likeness (QED) is 0.748. The molecule has 21 heavy (non-hydrogen) atoms. The fourth-order valence-electron chi connectivity index (χ4n) is 1.62. The molecule has 114 valence electrons. The van der Waals surface area contributed by atoms with E-state index in [2.05, 4.69) is 20.3 Å². The van der Waals surface area contributed by atoms with Crippen molar-refractivity contribution in [1.82, 2.24) is 15.0 Å². The highest BCUT2D eigenvalue weighted by atomic mass is 32.2. The number of hydrogen-bond donors (Lipinski definition) is 3. The largest absolute Gasteiger partial charge is 0.477 e. The summed E-state index contributed by atoms with van der Waals surface area (Å²) in [7, 11) is -3.24. The van der Waals surface area contributed by atoms with Crippen LogP contribution in [0.1, 0.15) is 24.3 Å². The molecule has 2 heterocycles. The molecule has 8 nitrogen and oxygen atoms in total. The molecule has 0 radical (unpaired) electrons. The molecule has 0 saturated heterocycles. The molecule has 2 aromatic heterocycles. The second-order valence-corrected chi connectivity index (χ2v) is 8.01. The fourth-order valence-corrected chi connectivity index (χ4v) is 1.96. The second kappa shape index (κ2) is 4.99. The van der Waals surface area contributed by atoms with Crippen LogP contribution in [0.5, 0.6) is 0 Å². The molecule has 9 heteroatoms. The molecule has 0 aromatic carbocycles. The number of hydrogen-bond acceptors (Lipinski definition) is 6. The number of anilines is 1. The second-order valence-electron chi connectivity index (χ2n) is 5.36. The molecule has 0 unspecified atom stereocenters. The van der Waals surface area contributed by atoms with Gasteiger partial charge in [-0.3, -0.25) is 0 Å². The Morgan fingerprint density at radius 1 is 1.43 bits per heavy atom. The standard InChI is InChI=1S/C12H16N4O4S/c1-12(2,21(3,19)20)5-13-9-7-4-8(11(17)18)16-10(7)15-6-14-9/h4,6H,5H2,1-3H3,(H,17,18)(H2,13,14,15,16). The van der Waals surface area contributed by atoms with Gasteiger partial charge in [0.2, 0.25) is 0 Å². The third-order valence-corrected chi connectivity index (χ3v) is 5.49. The summed E-state index contributed by atoms with van der Waals surface area (Å²) in [5.74, 6) is -0.712. The Balaban J connectivity index is 2.33. The average Bonchev–Trinajstić information content (AvgIpc) is 2.79. The number of sulfone groups is 1. The van der Waals surface area contributed by atoms with Crippen LogP contribution in [0.25, 0.3) is 11.0 Å². The number of nitrogens with zero attached hydrogens (tertiary/aromatic N) is 2. The predicted molar refractivity (Wildman–Crippen MR) is 78.3 cm³/mol. The molecule has 0 atom stereocenters. The van der Waals surface area contributed by atoms with Crippen molar-refractivity contribution < 1.29 is 18.3 Å². The summed E-state index contributed by atoms with van der Waals surface area (Å²) in [4.78, 5) is 21.6. The number of H-pyrrole nitrogens is 1. The van der Waals surface area contributed by atoms with E-state index in [1.807, 2.05) is 0 Å². The summed E-state index contributed by atoms with van der Waals surface area (Å²) < 4.78 is 22.4. The van der Waals surface area contributed by atoms with Crippen molar-refractivity contribution in [2.75, 3.05) is 18.1 Å². The summed E-state index contributed by atoms with van der Waals surface area (Å²) in [6, 6.07) is 1.41. The molecule has 0 aliphatic heterocycles. The Morgan fingerprint density at radius 3 is 2.67 bits per heavy atom.